The van der Waals surface area contributed by atoms with Gasteiger partial charge in [-0.2, -0.15) is 0 Å². The molecule has 2 aromatic rings. The first-order chi connectivity index (χ1) is 9.93. The Bertz CT molecular complexity index is 625. The molecule has 21 heavy (non-hydrogen) atoms. The third-order valence-corrected chi connectivity index (χ3v) is 3.90. The standard InChI is InChI=1S/C16H16BrF2NO/c1-9-3-2-4-10(5-9)12(8-20)16(21)15-13(18)6-11(17)7-14(15)19/h2-7,12,16,21H,8,20H2,1H3. The fourth-order valence-corrected chi connectivity index (χ4v) is 2.79. The molecule has 3 N–H and O–H groups in total. The maximum atomic E-state index is 14.0. The molecular formula is C16H16BrF2NO. The number of nitrogens with two attached hydrogens (primary N) is 1. The molecule has 2 atom stereocenters. The normalized spacial score (nSPS) is 14.0. The van der Waals surface area contributed by atoms with Crippen LogP contribution in [-0.4, -0.2) is 11.7 Å². The average molecular weight is 356 g/mol. The van der Waals surface area contributed by atoms with Crippen LogP contribution in [0.1, 0.15) is 28.7 Å². The molecule has 0 aliphatic carbocycles. The van der Waals surface area contributed by atoms with E-state index in [1.165, 1.54) is 0 Å². The molecule has 2 aromatic carbocycles. The van der Waals surface area contributed by atoms with Crippen LogP contribution in [0.15, 0.2) is 40.9 Å². The highest BCUT2D eigenvalue weighted by molar-refractivity contribution is 9.10. The first kappa shape index (κ1) is 16.1. The predicted octanol–water partition coefficient (Wildman–Crippen LogP) is 3.81. The van der Waals surface area contributed by atoms with Crippen LogP contribution in [0.5, 0.6) is 0 Å². The largest absolute Gasteiger partial charge is 0.388 e. The van der Waals surface area contributed by atoms with Gasteiger partial charge in [0.15, 0.2) is 0 Å². The fraction of sp³-hybridized carbons (Fsp3) is 0.250. The van der Waals surface area contributed by atoms with Gasteiger partial charge in [-0.05, 0) is 24.6 Å². The van der Waals surface area contributed by atoms with Gasteiger partial charge in [-0.25, -0.2) is 8.78 Å². The van der Waals surface area contributed by atoms with Crippen molar-refractivity contribution in [3.05, 3.63) is 69.2 Å². The summed E-state index contributed by atoms with van der Waals surface area (Å²) in [4.78, 5) is 0. The van der Waals surface area contributed by atoms with Gasteiger partial charge >= 0.3 is 0 Å². The average Bonchev–Trinajstić information content (AvgIpc) is 2.38. The number of hydrogen-bond acceptors (Lipinski definition) is 2. The molecule has 0 heterocycles. The summed E-state index contributed by atoms with van der Waals surface area (Å²) in [5.41, 5.74) is 7.11. The molecule has 2 nitrogen and oxygen atoms in total. The Morgan fingerprint density at radius 3 is 2.33 bits per heavy atom. The van der Waals surface area contributed by atoms with E-state index in [0.717, 1.165) is 23.3 Å². The van der Waals surface area contributed by atoms with E-state index in [9.17, 15) is 13.9 Å². The van der Waals surface area contributed by atoms with Gasteiger partial charge in [0, 0.05) is 16.9 Å². The summed E-state index contributed by atoms with van der Waals surface area (Å²) in [6.07, 6.45) is -1.34. The van der Waals surface area contributed by atoms with Gasteiger partial charge in [-0.15, -0.1) is 0 Å². The molecule has 2 rings (SSSR count). The molecule has 0 aromatic heterocycles. The summed E-state index contributed by atoms with van der Waals surface area (Å²) >= 11 is 3.02. The predicted molar refractivity (Wildman–Crippen MR) is 82.0 cm³/mol. The minimum absolute atomic E-state index is 0.0829. The van der Waals surface area contributed by atoms with Gasteiger partial charge in [-0.1, -0.05) is 45.8 Å². The molecule has 0 fully saturated rings. The molecule has 0 aliphatic rings. The van der Waals surface area contributed by atoms with Crippen LogP contribution >= 0.6 is 15.9 Å². The van der Waals surface area contributed by atoms with Gasteiger partial charge in [0.2, 0.25) is 0 Å². The molecular weight excluding hydrogens is 340 g/mol. The molecule has 0 saturated heterocycles. The van der Waals surface area contributed by atoms with E-state index >= 15 is 0 Å². The molecule has 0 bridgehead atoms. The number of halogens is 3. The van der Waals surface area contributed by atoms with Crippen molar-refractivity contribution in [1.82, 2.24) is 0 Å². The highest BCUT2D eigenvalue weighted by Crippen LogP contribution is 2.34. The summed E-state index contributed by atoms with van der Waals surface area (Å²) in [7, 11) is 0. The molecule has 0 spiro atoms. The number of aliphatic hydroxyl groups excluding tert-OH is 1. The zero-order valence-corrected chi connectivity index (χ0v) is 13.1. The SMILES string of the molecule is Cc1cccc(C(CN)C(O)c2c(F)cc(Br)cc2F)c1. The van der Waals surface area contributed by atoms with Crippen molar-refractivity contribution in [1.29, 1.82) is 0 Å². The van der Waals surface area contributed by atoms with Crippen molar-refractivity contribution in [2.24, 2.45) is 5.73 Å². The van der Waals surface area contributed by atoms with Crippen LogP contribution in [0.2, 0.25) is 0 Å². The van der Waals surface area contributed by atoms with E-state index in [2.05, 4.69) is 15.9 Å². The third-order valence-electron chi connectivity index (χ3n) is 3.44. The van der Waals surface area contributed by atoms with Gasteiger partial charge < -0.3 is 10.8 Å². The zero-order chi connectivity index (χ0) is 15.6. The van der Waals surface area contributed by atoms with Crippen LogP contribution in [0.4, 0.5) is 8.78 Å². The second-order valence-corrected chi connectivity index (χ2v) is 5.90. The van der Waals surface area contributed by atoms with E-state index in [1.54, 1.807) is 6.07 Å². The molecule has 0 amide bonds. The minimum Gasteiger partial charge on any atom is -0.388 e. The number of hydrogen-bond donors (Lipinski definition) is 2. The number of benzene rings is 2. The maximum absolute atomic E-state index is 14.0. The fourth-order valence-electron chi connectivity index (χ4n) is 2.39. The second-order valence-electron chi connectivity index (χ2n) is 4.98. The van der Waals surface area contributed by atoms with Crippen LogP contribution in [0, 0.1) is 18.6 Å². The molecule has 0 aliphatic heterocycles. The summed E-state index contributed by atoms with van der Waals surface area (Å²) in [5, 5.41) is 10.4. The summed E-state index contributed by atoms with van der Waals surface area (Å²) in [5.74, 6) is -2.16. The van der Waals surface area contributed by atoms with Crippen molar-refractivity contribution in [3.63, 3.8) is 0 Å². The molecule has 2 unspecified atom stereocenters. The number of aryl methyl sites for hydroxylation is 1. The third kappa shape index (κ3) is 3.48. The quantitative estimate of drug-likeness (QED) is 0.875. The number of aliphatic hydroxyl groups is 1. The van der Waals surface area contributed by atoms with Crippen LogP contribution in [0.25, 0.3) is 0 Å². The number of rotatable bonds is 4. The topological polar surface area (TPSA) is 46.2 Å². The lowest BCUT2D eigenvalue weighted by molar-refractivity contribution is 0.138. The van der Waals surface area contributed by atoms with Gasteiger partial charge in [-0.3, -0.25) is 0 Å². The summed E-state index contributed by atoms with van der Waals surface area (Å²) in [6.45, 7) is 1.99. The minimum atomic E-state index is -1.34. The van der Waals surface area contributed by atoms with Crippen molar-refractivity contribution >= 4 is 15.9 Å². The lowest BCUT2D eigenvalue weighted by atomic mass is 9.88. The summed E-state index contributed by atoms with van der Waals surface area (Å²) < 4.78 is 28.3. The second kappa shape index (κ2) is 6.64. The molecule has 5 heteroatoms. The van der Waals surface area contributed by atoms with Crippen molar-refractivity contribution < 1.29 is 13.9 Å². The van der Waals surface area contributed by atoms with E-state index in [4.69, 9.17) is 5.73 Å². The Morgan fingerprint density at radius 2 is 1.81 bits per heavy atom. The first-order valence-electron chi connectivity index (χ1n) is 6.53. The highest BCUT2D eigenvalue weighted by atomic mass is 79.9. The lowest BCUT2D eigenvalue weighted by Crippen LogP contribution is -2.22. The Kier molecular flexibility index (Phi) is 5.08. The van der Waals surface area contributed by atoms with E-state index in [0.29, 0.717) is 0 Å². The Morgan fingerprint density at radius 1 is 1.19 bits per heavy atom. The van der Waals surface area contributed by atoms with Gasteiger partial charge in [0.25, 0.3) is 0 Å². The Balaban J connectivity index is 2.44. The molecule has 112 valence electrons. The lowest BCUT2D eigenvalue weighted by Gasteiger charge is -2.23. The highest BCUT2D eigenvalue weighted by Gasteiger charge is 2.27. The first-order valence-corrected chi connectivity index (χ1v) is 7.32. The summed E-state index contributed by atoms with van der Waals surface area (Å²) in [6, 6.07) is 9.65. The van der Waals surface area contributed by atoms with E-state index in [-0.39, 0.29) is 16.6 Å². The molecule has 0 saturated carbocycles. The van der Waals surface area contributed by atoms with Gasteiger partial charge in [0.05, 0.1) is 11.7 Å². The van der Waals surface area contributed by atoms with E-state index < -0.39 is 23.7 Å². The monoisotopic (exact) mass is 355 g/mol. The van der Waals surface area contributed by atoms with Crippen molar-refractivity contribution in [2.75, 3.05) is 6.54 Å². The van der Waals surface area contributed by atoms with Crippen LogP contribution < -0.4 is 5.73 Å². The molecule has 0 radical (unpaired) electrons. The maximum Gasteiger partial charge on any atom is 0.133 e. The zero-order valence-electron chi connectivity index (χ0n) is 11.5. The van der Waals surface area contributed by atoms with Gasteiger partial charge in [0.1, 0.15) is 11.6 Å². The van der Waals surface area contributed by atoms with E-state index in [1.807, 2.05) is 25.1 Å². The van der Waals surface area contributed by atoms with Crippen molar-refractivity contribution in [2.45, 2.75) is 18.9 Å². The van der Waals surface area contributed by atoms with Crippen molar-refractivity contribution in [3.8, 4) is 0 Å². The van der Waals surface area contributed by atoms with Crippen LogP contribution in [-0.2, 0) is 0 Å². The Hall–Kier alpha value is -1.30. The van der Waals surface area contributed by atoms with Crippen LogP contribution in [0.3, 0.4) is 0 Å². The Labute approximate surface area is 130 Å². The smallest absolute Gasteiger partial charge is 0.133 e.